The van der Waals surface area contributed by atoms with Crippen molar-refractivity contribution in [2.45, 2.75) is 38.8 Å². The molecule has 100 valence electrons. The van der Waals surface area contributed by atoms with Gasteiger partial charge in [0, 0.05) is 0 Å². The van der Waals surface area contributed by atoms with Crippen LogP contribution in [-0.2, 0) is 16.0 Å². The summed E-state index contributed by atoms with van der Waals surface area (Å²) in [4.78, 5) is 11.7. The SMILES string of the molecule is COc1ccc(C[C@H](N)C(=O)OC(C)(C)C)cc1. The zero-order chi connectivity index (χ0) is 13.8. The van der Waals surface area contributed by atoms with Crippen molar-refractivity contribution >= 4 is 5.97 Å². The Hall–Kier alpha value is -1.55. The summed E-state index contributed by atoms with van der Waals surface area (Å²) >= 11 is 0. The van der Waals surface area contributed by atoms with Gasteiger partial charge in [0.1, 0.15) is 17.4 Å². The fourth-order valence-electron chi connectivity index (χ4n) is 1.48. The molecule has 0 heterocycles. The number of benzene rings is 1. The highest BCUT2D eigenvalue weighted by Gasteiger charge is 2.22. The smallest absolute Gasteiger partial charge is 0.323 e. The van der Waals surface area contributed by atoms with Crippen LogP contribution in [0.4, 0.5) is 0 Å². The fourth-order valence-corrected chi connectivity index (χ4v) is 1.48. The Bertz CT molecular complexity index is 392. The van der Waals surface area contributed by atoms with E-state index in [9.17, 15) is 4.79 Å². The first-order valence-electron chi connectivity index (χ1n) is 5.93. The van der Waals surface area contributed by atoms with E-state index in [0.717, 1.165) is 11.3 Å². The highest BCUT2D eigenvalue weighted by atomic mass is 16.6. The first-order chi connectivity index (χ1) is 8.31. The molecule has 2 N–H and O–H groups in total. The average molecular weight is 251 g/mol. The van der Waals surface area contributed by atoms with Crippen LogP contribution in [0.3, 0.4) is 0 Å². The van der Waals surface area contributed by atoms with Gasteiger partial charge in [-0.25, -0.2) is 0 Å². The minimum absolute atomic E-state index is 0.377. The lowest BCUT2D eigenvalue weighted by atomic mass is 10.1. The summed E-state index contributed by atoms with van der Waals surface area (Å²) in [5, 5.41) is 0. The maximum Gasteiger partial charge on any atom is 0.323 e. The van der Waals surface area contributed by atoms with Gasteiger partial charge >= 0.3 is 5.97 Å². The van der Waals surface area contributed by atoms with Crippen molar-refractivity contribution in [1.82, 2.24) is 0 Å². The van der Waals surface area contributed by atoms with Gasteiger partial charge in [-0.15, -0.1) is 0 Å². The predicted molar refractivity (Wildman–Crippen MR) is 70.5 cm³/mol. The van der Waals surface area contributed by atoms with Crippen LogP contribution >= 0.6 is 0 Å². The molecular formula is C14H21NO3. The molecule has 0 saturated carbocycles. The van der Waals surface area contributed by atoms with Crippen LogP contribution in [0.2, 0.25) is 0 Å². The van der Waals surface area contributed by atoms with Gasteiger partial charge in [-0.05, 0) is 44.9 Å². The summed E-state index contributed by atoms with van der Waals surface area (Å²) in [6, 6.07) is 6.83. The third-order valence-electron chi connectivity index (χ3n) is 2.32. The Morgan fingerprint density at radius 2 is 1.83 bits per heavy atom. The van der Waals surface area contributed by atoms with Gasteiger partial charge in [-0.1, -0.05) is 12.1 Å². The number of hydrogen-bond donors (Lipinski definition) is 1. The Balaban J connectivity index is 2.58. The third-order valence-corrected chi connectivity index (χ3v) is 2.32. The molecule has 0 aliphatic rings. The number of nitrogens with two attached hydrogens (primary N) is 1. The van der Waals surface area contributed by atoms with Crippen LogP contribution in [-0.4, -0.2) is 24.7 Å². The largest absolute Gasteiger partial charge is 0.497 e. The van der Waals surface area contributed by atoms with E-state index in [1.807, 2.05) is 45.0 Å². The molecule has 4 nitrogen and oxygen atoms in total. The van der Waals surface area contributed by atoms with Crippen molar-refractivity contribution in [3.63, 3.8) is 0 Å². The molecule has 1 aromatic carbocycles. The monoisotopic (exact) mass is 251 g/mol. The van der Waals surface area contributed by atoms with E-state index in [1.165, 1.54) is 0 Å². The van der Waals surface area contributed by atoms with E-state index in [4.69, 9.17) is 15.2 Å². The summed E-state index contributed by atoms with van der Waals surface area (Å²) in [6.07, 6.45) is 0.457. The molecule has 0 bridgehead atoms. The lowest BCUT2D eigenvalue weighted by molar-refractivity contribution is -0.156. The minimum Gasteiger partial charge on any atom is -0.497 e. The van der Waals surface area contributed by atoms with Crippen molar-refractivity contribution < 1.29 is 14.3 Å². The predicted octanol–water partition coefficient (Wildman–Crippen LogP) is 1.91. The van der Waals surface area contributed by atoms with Crippen LogP contribution in [0.5, 0.6) is 5.75 Å². The number of rotatable bonds is 4. The van der Waals surface area contributed by atoms with Gasteiger partial charge < -0.3 is 15.2 Å². The van der Waals surface area contributed by atoms with E-state index in [-0.39, 0.29) is 5.97 Å². The van der Waals surface area contributed by atoms with Crippen molar-refractivity contribution in [2.24, 2.45) is 5.73 Å². The Kier molecular flexibility index (Phi) is 4.73. The van der Waals surface area contributed by atoms with E-state index in [0.29, 0.717) is 6.42 Å². The van der Waals surface area contributed by atoms with Gasteiger partial charge in [0.2, 0.25) is 0 Å². The molecule has 4 heteroatoms. The second-order valence-electron chi connectivity index (χ2n) is 5.19. The van der Waals surface area contributed by atoms with Gasteiger partial charge in [-0.2, -0.15) is 0 Å². The lowest BCUT2D eigenvalue weighted by Gasteiger charge is -2.22. The molecule has 0 aromatic heterocycles. The van der Waals surface area contributed by atoms with Crippen molar-refractivity contribution in [1.29, 1.82) is 0 Å². The number of hydrogen-bond acceptors (Lipinski definition) is 4. The highest BCUT2D eigenvalue weighted by Crippen LogP contribution is 2.14. The molecule has 0 amide bonds. The molecule has 1 atom stereocenters. The molecule has 0 saturated heterocycles. The normalized spacial score (nSPS) is 12.9. The highest BCUT2D eigenvalue weighted by molar-refractivity contribution is 5.76. The second-order valence-corrected chi connectivity index (χ2v) is 5.19. The van der Waals surface area contributed by atoms with Gasteiger partial charge in [0.05, 0.1) is 7.11 Å². The number of methoxy groups -OCH3 is 1. The molecule has 0 spiro atoms. The quantitative estimate of drug-likeness (QED) is 0.830. The molecule has 0 fully saturated rings. The molecule has 1 rings (SSSR count). The molecule has 0 aliphatic carbocycles. The van der Waals surface area contributed by atoms with Crippen molar-refractivity contribution in [3.05, 3.63) is 29.8 Å². The van der Waals surface area contributed by atoms with Gasteiger partial charge in [-0.3, -0.25) is 4.79 Å². The van der Waals surface area contributed by atoms with Crippen LogP contribution in [0.25, 0.3) is 0 Å². The summed E-state index contributed by atoms with van der Waals surface area (Å²) in [7, 11) is 1.61. The maximum atomic E-state index is 11.7. The number of esters is 1. The molecular weight excluding hydrogens is 230 g/mol. The van der Waals surface area contributed by atoms with E-state index < -0.39 is 11.6 Å². The van der Waals surface area contributed by atoms with Gasteiger partial charge in [0.25, 0.3) is 0 Å². The first-order valence-corrected chi connectivity index (χ1v) is 5.93. The summed E-state index contributed by atoms with van der Waals surface area (Å²) in [5.74, 6) is 0.405. The third kappa shape index (κ3) is 4.75. The van der Waals surface area contributed by atoms with Crippen molar-refractivity contribution in [2.75, 3.05) is 7.11 Å². The Morgan fingerprint density at radius 3 is 2.28 bits per heavy atom. The summed E-state index contributed by atoms with van der Waals surface area (Å²) in [6.45, 7) is 5.47. The molecule has 18 heavy (non-hydrogen) atoms. The summed E-state index contributed by atoms with van der Waals surface area (Å²) in [5.41, 5.74) is 6.30. The van der Waals surface area contributed by atoms with Crippen molar-refractivity contribution in [3.8, 4) is 5.75 Å². The topological polar surface area (TPSA) is 61.5 Å². The van der Waals surface area contributed by atoms with E-state index in [1.54, 1.807) is 7.11 Å². The van der Waals surface area contributed by atoms with E-state index in [2.05, 4.69) is 0 Å². The number of carbonyl (C=O) groups is 1. The van der Waals surface area contributed by atoms with Crippen LogP contribution in [0.1, 0.15) is 26.3 Å². The Labute approximate surface area is 108 Å². The minimum atomic E-state index is -0.641. The fraction of sp³-hybridized carbons (Fsp3) is 0.500. The maximum absolute atomic E-state index is 11.7. The van der Waals surface area contributed by atoms with E-state index >= 15 is 0 Å². The number of ether oxygens (including phenoxy) is 2. The van der Waals surface area contributed by atoms with Crippen LogP contribution in [0, 0.1) is 0 Å². The average Bonchev–Trinajstić information content (AvgIpc) is 2.27. The Morgan fingerprint density at radius 1 is 1.28 bits per heavy atom. The second kappa shape index (κ2) is 5.87. The van der Waals surface area contributed by atoms with Gasteiger partial charge in [0.15, 0.2) is 0 Å². The molecule has 0 aliphatic heterocycles. The molecule has 0 radical (unpaired) electrons. The molecule has 0 unspecified atom stereocenters. The first kappa shape index (κ1) is 14.5. The number of carbonyl (C=O) groups excluding carboxylic acids is 1. The zero-order valence-corrected chi connectivity index (χ0v) is 11.4. The zero-order valence-electron chi connectivity index (χ0n) is 11.4. The summed E-state index contributed by atoms with van der Waals surface area (Å²) < 4.78 is 10.3. The lowest BCUT2D eigenvalue weighted by Crippen LogP contribution is -2.38. The van der Waals surface area contributed by atoms with Crippen LogP contribution < -0.4 is 10.5 Å². The standard InChI is InChI=1S/C14H21NO3/c1-14(2,3)18-13(16)12(15)9-10-5-7-11(17-4)8-6-10/h5-8,12H,9,15H2,1-4H3/t12-/m0/s1. The molecule has 1 aromatic rings. The van der Waals surface area contributed by atoms with Crippen LogP contribution in [0.15, 0.2) is 24.3 Å².